The molecule has 1 aliphatic carbocycles. The highest BCUT2D eigenvalue weighted by Crippen LogP contribution is 2.26. The van der Waals surface area contributed by atoms with E-state index in [0.29, 0.717) is 27.9 Å². The summed E-state index contributed by atoms with van der Waals surface area (Å²) in [5.41, 5.74) is 1.36. The number of hydrogen-bond acceptors (Lipinski definition) is 4. The SMILES string of the molecule is CN(C(=S)SCC(=O)Nc1ccc(Cl)cc1C(=O)c1ccccc1)C1CCCCC1. The van der Waals surface area contributed by atoms with Gasteiger partial charge in [0.15, 0.2) is 5.78 Å². The van der Waals surface area contributed by atoms with Gasteiger partial charge in [0.1, 0.15) is 4.32 Å². The lowest BCUT2D eigenvalue weighted by Gasteiger charge is -2.32. The first-order valence-corrected chi connectivity index (χ1v) is 11.8. The highest BCUT2D eigenvalue weighted by atomic mass is 35.5. The molecule has 0 spiro atoms. The van der Waals surface area contributed by atoms with Crippen molar-refractivity contribution in [2.75, 3.05) is 18.1 Å². The molecule has 0 aliphatic heterocycles. The zero-order valence-electron chi connectivity index (χ0n) is 16.9. The maximum atomic E-state index is 12.9. The summed E-state index contributed by atoms with van der Waals surface area (Å²) in [7, 11) is 2.01. The molecule has 0 heterocycles. The molecule has 2 aromatic carbocycles. The number of ketones is 1. The summed E-state index contributed by atoms with van der Waals surface area (Å²) < 4.78 is 0.730. The molecular weight excluding hydrogens is 436 g/mol. The molecule has 158 valence electrons. The quantitative estimate of drug-likeness (QED) is 0.436. The summed E-state index contributed by atoms with van der Waals surface area (Å²) in [6.45, 7) is 0. The molecule has 0 saturated heterocycles. The third-order valence-corrected chi connectivity index (χ3v) is 7.09. The van der Waals surface area contributed by atoms with Crippen LogP contribution in [-0.4, -0.2) is 39.8 Å². The second kappa shape index (κ2) is 10.9. The molecule has 0 unspecified atom stereocenters. The van der Waals surface area contributed by atoms with E-state index in [1.165, 1.54) is 31.0 Å². The number of thioether (sulfide) groups is 1. The fourth-order valence-corrected chi connectivity index (χ4v) is 4.77. The van der Waals surface area contributed by atoms with Crippen LogP contribution in [-0.2, 0) is 4.79 Å². The van der Waals surface area contributed by atoms with Crippen LogP contribution in [0.1, 0.15) is 48.0 Å². The second-order valence-electron chi connectivity index (χ2n) is 7.39. The third-order valence-electron chi connectivity index (χ3n) is 5.27. The zero-order valence-corrected chi connectivity index (χ0v) is 19.3. The van der Waals surface area contributed by atoms with Gasteiger partial charge >= 0.3 is 0 Å². The van der Waals surface area contributed by atoms with Gasteiger partial charge in [-0.1, -0.05) is 85.2 Å². The number of anilines is 1. The summed E-state index contributed by atoms with van der Waals surface area (Å²) in [6.07, 6.45) is 6.06. The normalized spacial score (nSPS) is 14.2. The van der Waals surface area contributed by atoms with Gasteiger partial charge in [-0.2, -0.15) is 0 Å². The van der Waals surface area contributed by atoms with Crippen molar-refractivity contribution in [1.82, 2.24) is 4.90 Å². The molecule has 2 aromatic rings. The number of thiocarbonyl (C=S) groups is 1. The second-order valence-corrected chi connectivity index (χ2v) is 9.44. The van der Waals surface area contributed by atoms with Gasteiger partial charge in [-0.05, 0) is 31.0 Å². The monoisotopic (exact) mass is 460 g/mol. The minimum atomic E-state index is -0.205. The molecule has 1 amide bonds. The van der Waals surface area contributed by atoms with Crippen molar-refractivity contribution in [3.05, 3.63) is 64.7 Å². The summed E-state index contributed by atoms with van der Waals surface area (Å²) in [4.78, 5) is 27.6. The fourth-order valence-electron chi connectivity index (χ4n) is 3.59. The third kappa shape index (κ3) is 6.06. The number of amides is 1. The molecule has 0 atom stereocenters. The number of benzene rings is 2. The van der Waals surface area contributed by atoms with Crippen LogP contribution in [0.5, 0.6) is 0 Å². The Morgan fingerprint density at radius 2 is 1.83 bits per heavy atom. The van der Waals surface area contributed by atoms with Gasteiger partial charge in [0.2, 0.25) is 5.91 Å². The molecular formula is C23H25ClN2O2S2. The maximum absolute atomic E-state index is 12.9. The predicted octanol–water partition coefficient (Wildman–Crippen LogP) is 5.79. The molecule has 0 bridgehead atoms. The minimum Gasteiger partial charge on any atom is -0.358 e. The first kappa shape index (κ1) is 22.8. The van der Waals surface area contributed by atoms with Crippen LogP contribution < -0.4 is 5.32 Å². The number of halogens is 1. The number of nitrogens with zero attached hydrogens (tertiary/aromatic N) is 1. The van der Waals surface area contributed by atoms with E-state index in [0.717, 1.165) is 17.2 Å². The van der Waals surface area contributed by atoms with E-state index < -0.39 is 0 Å². The van der Waals surface area contributed by atoms with Crippen molar-refractivity contribution in [3.8, 4) is 0 Å². The van der Waals surface area contributed by atoms with Crippen molar-refractivity contribution < 1.29 is 9.59 Å². The molecule has 0 radical (unpaired) electrons. The molecule has 7 heteroatoms. The number of rotatable bonds is 6. The summed E-state index contributed by atoms with van der Waals surface area (Å²) in [5.74, 6) is -0.199. The Bertz CT molecular complexity index is 915. The highest BCUT2D eigenvalue weighted by molar-refractivity contribution is 8.23. The van der Waals surface area contributed by atoms with Crippen molar-refractivity contribution in [3.63, 3.8) is 0 Å². The Morgan fingerprint density at radius 3 is 2.53 bits per heavy atom. The van der Waals surface area contributed by atoms with Crippen LogP contribution in [0.15, 0.2) is 48.5 Å². The van der Waals surface area contributed by atoms with Crippen LogP contribution in [0, 0.1) is 0 Å². The number of carbonyl (C=O) groups excluding carboxylic acids is 2. The van der Waals surface area contributed by atoms with Crippen molar-refractivity contribution in [1.29, 1.82) is 0 Å². The Morgan fingerprint density at radius 1 is 1.13 bits per heavy atom. The topological polar surface area (TPSA) is 49.4 Å². The maximum Gasteiger partial charge on any atom is 0.234 e. The molecule has 1 N–H and O–H groups in total. The van der Waals surface area contributed by atoms with Crippen LogP contribution in [0.3, 0.4) is 0 Å². The Kier molecular flexibility index (Phi) is 8.31. The molecule has 1 fully saturated rings. The Labute approximate surface area is 192 Å². The van der Waals surface area contributed by atoms with Gasteiger partial charge in [0.05, 0.1) is 11.4 Å². The van der Waals surface area contributed by atoms with E-state index in [-0.39, 0.29) is 17.4 Å². The van der Waals surface area contributed by atoms with Crippen LogP contribution in [0.2, 0.25) is 5.02 Å². The average molecular weight is 461 g/mol. The van der Waals surface area contributed by atoms with Gasteiger partial charge in [0.25, 0.3) is 0 Å². The molecule has 1 saturated carbocycles. The molecule has 4 nitrogen and oxygen atoms in total. The first-order valence-electron chi connectivity index (χ1n) is 10.0. The predicted molar refractivity (Wildman–Crippen MR) is 130 cm³/mol. The van der Waals surface area contributed by atoms with Crippen molar-refractivity contribution in [2.24, 2.45) is 0 Å². The largest absolute Gasteiger partial charge is 0.358 e. The van der Waals surface area contributed by atoms with Crippen LogP contribution in [0.25, 0.3) is 0 Å². The van der Waals surface area contributed by atoms with Crippen molar-refractivity contribution in [2.45, 2.75) is 38.1 Å². The first-order chi connectivity index (χ1) is 14.5. The molecule has 0 aromatic heterocycles. The van der Waals surface area contributed by atoms with Crippen LogP contribution >= 0.6 is 35.6 Å². The highest BCUT2D eigenvalue weighted by Gasteiger charge is 2.21. The van der Waals surface area contributed by atoms with Gasteiger partial charge < -0.3 is 10.2 Å². The number of hydrogen-bond donors (Lipinski definition) is 1. The minimum absolute atomic E-state index is 0.186. The number of carbonyl (C=O) groups is 2. The van der Waals surface area contributed by atoms with Gasteiger partial charge in [-0.25, -0.2) is 0 Å². The average Bonchev–Trinajstić information content (AvgIpc) is 2.78. The van der Waals surface area contributed by atoms with E-state index in [4.69, 9.17) is 23.8 Å². The lowest BCUT2D eigenvalue weighted by molar-refractivity contribution is -0.113. The molecule has 30 heavy (non-hydrogen) atoms. The van der Waals surface area contributed by atoms with E-state index >= 15 is 0 Å². The lowest BCUT2D eigenvalue weighted by Crippen LogP contribution is -2.36. The van der Waals surface area contributed by atoms with E-state index in [2.05, 4.69) is 10.2 Å². The molecule has 3 rings (SSSR count). The van der Waals surface area contributed by atoms with E-state index in [9.17, 15) is 9.59 Å². The standard InChI is InChI=1S/C23H25ClN2O2S2/c1-26(18-10-6-3-7-11-18)23(29)30-15-21(27)25-20-13-12-17(24)14-19(20)22(28)16-8-4-2-5-9-16/h2,4-5,8-9,12-14,18H,3,6-7,10-11,15H2,1H3,(H,25,27). The van der Waals surface area contributed by atoms with Crippen molar-refractivity contribution >= 4 is 57.3 Å². The van der Waals surface area contributed by atoms with Crippen LogP contribution in [0.4, 0.5) is 5.69 Å². The zero-order chi connectivity index (χ0) is 21.5. The van der Waals surface area contributed by atoms with Gasteiger partial charge in [0, 0.05) is 29.2 Å². The lowest BCUT2D eigenvalue weighted by atomic mass is 9.95. The van der Waals surface area contributed by atoms with E-state index in [1.807, 2.05) is 13.1 Å². The van der Waals surface area contributed by atoms with E-state index in [1.54, 1.807) is 42.5 Å². The summed E-state index contributed by atoms with van der Waals surface area (Å²) in [6, 6.07) is 14.3. The Balaban J connectivity index is 1.62. The Hall–Kier alpha value is -1.89. The smallest absolute Gasteiger partial charge is 0.234 e. The fraction of sp³-hybridized carbons (Fsp3) is 0.348. The van der Waals surface area contributed by atoms with Gasteiger partial charge in [-0.3, -0.25) is 9.59 Å². The van der Waals surface area contributed by atoms with Gasteiger partial charge in [-0.15, -0.1) is 0 Å². The molecule has 1 aliphatic rings. The number of nitrogens with one attached hydrogen (secondary N) is 1. The summed E-state index contributed by atoms with van der Waals surface area (Å²) in [5, 5.41) is 3.29. The summed E-state index contributed by atoms with van der Waals surface area (Å²) >= 11 is 13.0.